The van der Waals surface area contributed by atoms with Crippen LogP contribution in [-0.4, -0.2) is 41.5 Å². The average molecular weight is 327 g/mol. The quantitative estimate of drug-likeness (QED) is 0.552. The highest BCUT2D eigenvalue weighted by Gasteiger charge is 2.26. The molecule has 8 heteroatoms. The molecule has 0 bridgehead atoms. The van der Waals surface area contributed by atoms with Crippen LogP contribution in [0.25, 0.3) is 0 Å². The summed E-state index contributed by atoms with van der Waals surface area (Å²) in [5.41, 5.74) is 0.387. The Hall–Kier alpha value is -1.57. The normalized spacial score (nSPS) is 11.9. The minimum atomic E-state index is -1.64. The third-order valence-electron chi connectivity index (χ3n) is 2.95. The Bertz CT molecular complexity index is 508. The van der Waals surface area contributed by atoms with Gasteiger partial charge in [-0.2, -0.15) is 0 Å². The van der Waals surface area contributed by atoms with Gasteiger partial charge >= 0.3 is 7.12 Å². The lowest BCUT2D eigenvalue weighted by Gasteiger charge is -2.19. The predicted octanol–water partition coefficient (Wildman–Crippen LogP) is 0.613. The van der Waals surface area contributed by atoms with E-state index in [4.69, 9.17) is 11.6 Å². The van der Waals surface area contributed by atoms with Crippen LogP contribution in [0.4, 0.5) is 0 Å². The summed E-state index contributed by atoms with van der Waals surface area (Å²) < 4.78 is 0. The van der Waals surface area contributed by atoms with E-state index in [9.17, 15) is 19.6 Å². The zero-order chi connectivity index (χ0) is 16.7. The molecule has 0 spiro atoms. The molecule has 1 aromatic carbocycles. The first-order chi connectivity index (χ1) is 10.3. The standard InChI is InChI=1S/C14H20BClN2O4/c1-9(2)7-12(15(21)22)18-13(19)8-17-14(20)10-3-5-11(16)6-4-10/h3-6,9,12,21-22H,7-8H2,1-2H3,(H,17,20)(H,18,19)/t12-/m0/s1. The van der Waals surface area contributed by atoms with Gasteiger partial charge in [-0.25, -0.2) is 0 Å². The van der Waals surface area contributed by atoms with Crippen molar-refractivity contribution in [2.75, 3.05) is 6.54 Å². The summed E-state index contributed by atoms with van der Waals surface area (Å²) in [7, 11) is -1.64. The summed E-state index contributed by atoms with van der Waals surface area (Å²) in [5.74, 6) is -1.46. The molecule has 22 heavy (non-hydrogen) atoms. The fraction of sp³-hybridized carbons (Fsp3) is 0.429. The number of carbonyl (C=O) groups excluding carboxylic acids is 2. The van der Waals surface area contributed by atoms with Crippen molar-refractivity contribution in [2.45, 2.75) is 26.2 Å². The molecule has 0 saturated carbocycles. The van der Waals surface area contributed by atoms with Crippen molar-refractivity contribution in [2.24, 2.45) is 5.92 Å². The van der Waals surface area contributed by atoms with Crippen LogP contribution >= 0.6 is 11.6 Å². The fourth-order valence-electron chi connectivity index (χ4n) is 1.88. The van der Waals surface area contributed by atoms with Crippen LogP contribution in [0.3, 0.4) is 0 Å². The van der Waals surface area contributed by atoms with Gasteiger partial charge in [0, 0.05) is 10.6 Å². The first-order valence-corrected chi connectivity index (χ1v) is 7.36. The van der Waals surface area contributed by atoms with Gasteiger partial charge in [0.05, 0.1) is 12.5 Å². The third-order valence-corrected chi connectivity index (χ3v) is 3.20. The van der Waals surface area contributed by atoms with Gasteiger partial charge in [0.1, 0.15) is 0 Å². The summed E-state index contributed by atoms with van der Waals surface area (Å²) in [4.78, 5) is 23.6. The van der Waals surface area contributed by atoms with E-state index in [1.807, 2.05) is 13.8 Å². The lowest BCUT2D eigenvalue weighted by molar-refractivity contribution is -0.120. The second-order valence-electron chi connectivity index (χ2n) is 5.41. The van der Waals surface area contributed by atoms with Crippen molar-refractivity contribution in [1.82, 2.24) is 10.6 Å². The van der Waals surface area contributed by atoms with Gasteiger partial charge in [0.25, 0.3) is 5.91 Å². The van der Waals surface area contributed by atoms with Gasteiger partial charge in [-0.15, -0.1) is 0 Å². The molecule has 0 radical (unpaired) electrons. The van der Waals surface area contributed by atoms with E-state index >= 15 is 0 Å². The van der Waals surface area contributed by atoms with Crippen LogP contribution in [0.1, 0.15) is 30.6 Å². The van der Waals surface area contributed by atoms with Crippen LogP contribution in [-0.2, 0) is 4.79 Å². The molecular formula is C14H20BClN2O4. The van der Waals surface area contributed by atoms with Gasteiger partial charge in [-0.3, -0.25) is 9.59 Å². The number of hydrogen-bond acceptors (Lipinski definition) is 4. The number of halogens is 1. The zero-order valence-corrected chi connectivity index (χ0v) is 13.3. The minimum Gasteiger partial charge on any atom is -0.426 e. The van der Waals surface area contributed by atoms with Gasteiger partial charge in [0.2, 0.25) is 5.91 Å². The van der Waals surface area contributed by atoms with E-state index in [0.29, 0.717) is 17.0 Å². The Balaban J connectivity index is 2.47. The minimum absolute atomic E-state index is 0.191. The van der Waals surface area contributed by atoms with Gasteiger partial charge < -0.3 is 20.7 Å². The van der Waals surface area contributed by atoms with Crippen LogP contribution in [0, 0.1) is 5.92 Å². The Morgan fingerprint density at radius 3 is 2.32 bits per heavy atom. The Morgan fingerprint density at radius 1 is 1.23 bits per heavy atom. The Morgan fingerprint density at radius 2 is 1.82 bits per heavy atom. The molecule has 1 rings (SSSR count). The monoisotopic (exact) mass is 326 g/mol. The highest BCUT2D eigenvalue weighted by molar-refractivity contribution is 6.43. The smallest absolute Gasteiger partial charge is 0.426 e. The Kier molecular flexibility index (Phi) is 7.37. The number of hydrogen-bond donors (Lipinski definition) is 4. The second kappa shape index (κ2) is 8.78. The number of nitrogens with one attached hydrogen (secondary N) is 2. The van der Waals surface area contributed by atoms with E-state index in [1.165, 1.54) is 0 Å². The molecule has 0 heterocycles. The Labute approximate surface area is 135 Å². The number of rotatable bonds is 7. The topological polar surface area (TPSA) is 98.7 Å². The van der Waals surface area contributed by atoms with Gasteiger partial charge in [-0.05, 0) is 36.6 Å². The van der Waals surface area contributed by atoms with Crippen molar-refractivity contribution >= 4 is 30.5 Å². The molecule has 0 saturated heterocycles. The maximum Gasteiger partial charge on any atom is 0.475 e. The van der Waals surface area contributed by atoms with Gasteiger partial charge in [-0.1, -0.05) is 25.4 Å². The molecule has 0 aliphatic carbocycles. The molecule has 120 valence electrons. The summed E-state index contributed by atoms with van der Waals surface area (Å²) >= 11 is 5.73. The molecule has 6 nitrogen and oxygen atoms in total. The number of benzene rings is 1. The van der Waals surface area contributed by atoms with Crippen LogP contribution < -0.4 is 10.6 Å². The average Bonchev–Trinajstić information content (AvgIpc) is 2.44. The molecule has 0 aliphatic rings. The molecular weight excluding hydrogens is 306 g/mol. The highest BCUT2D eigenvalue weighted by atomic mass is 35.5. The van der Waals surface area contributed by atoms with Crippen molar-refractivity contribution in [3.05, 3.63) is 34.9 Å². The molecule has 4 N–H and O–H groups in total. The number of carbonyl (C=O) groups is 2. The fourth-order valence-corrected chi connectivity index (χ4v) is 2.01. The van der Waals surface area contributed by atoms with E-state index < -0.39 is 24.9 Å². The maximum absolute atomic E-state index is 11.8. The largest absolute Gasteiger partial charge is 0.475 e. The molecule has 0 fully saturated rings. The van der Waals surface area contributed by atoms with E-state index in [-0.39, 0.29) is 12.5 Å². The SMILES string of the molecule is CC(C)C[C@H](NC(=O)CNC(=O)c1ccc(Cl)cc1)B(O)O. The van der Waals surface area contributed by atoms with Crippen molar-refractivity contribution in [3.63, 3.8) is 0 Å². The lowest BCUT2D eigenvalue weighted by Crippen LogP contribution is -2.50. The maximum atomic E-state index is 11.8. The summed E-state index contributed by atoms with van der Waals surface area (Å²) in [6, 6.07) is 6.26. The molecule has 0 aromatic heterocycles. The van der Waals surface area contributed by atoms with Crippen LogP contribution in [0.5, 0.6) is 0 Å². The van der Waals surface area contributed by atoms with Crippen LogP contribution in [0.15, 0.2) is 24.3 Å². The first kappa shape index (κ1) is 18.5. The second-order valence-corrected chi connectivity index (χ2v) is 5.84. The summed E-state index contributed by atoms with van der Waals surface area (Å²) in [6.07, 6.45) is 0.425. The van der Waals surface area contributed by atoms with Gasteiger partial charge in [0.15, 0.2) is 0 Å². The van der Waals surface area contributed by atoms with E-state index in [0.717, 1.165) is 0 Å². The lowest BCUT2D eigenvalue weighted by atomic mass is 9.75. The molecule has 0 aliphatic heterocycles. The molecule has 2 amide bonds. The summed E-state index contributed by atoms with van der Waals surface area (Å²) in [5, 5.41) is 23.9. The van der Waals surface area contributed by atoms with E-state index in [1.54, 1.807) is 24.3 Å². The van der Waals surface area contributed by atoms with E-state index in [2.05, 4.69) is 10.6 Å². The molecule has 1 atom stereocenters. The van der Waals surface area contributed by atoms with Crippen molar-refractivity contribution in [1.29, 1.82) is 0 Å². The highest BCUT2D eigenvalue weighted by Crippen LogP contribution is 2.09. The first-order valence-electron chi connectivity index (χ1n) is 6.99. The van der Waals surface area contributed by atoms with Crippen molar-refractivity contribution in [3.8, 4) is 0 Å². The predicted molar refractivity (Wildman–Crippen MR) is 85.4 cm³/mol. The van der Waals surface area contributed by atoms with Crippen LogP contribution in [0.2, 0.25) is 5.02 Å². The third kappa shape index (κ3) is 6.47. The molecule has 0 unspecified atom stereocenters. The summed E-state index contributed by atoms with van der Waals surface area (Å²) in [6.45, 7) is 3.57. The van der Waals surface area contributed by atoms with Crippen molar-refractivity contribution < 1.29 is 19.6 Å². The number of amides is 2. The zero-order valence-electron chi connectivity index (χ0n) is 12.5. The molecule has 1 aromatic rings.